The van der Waals surface area contributed by atoms with Crippen molar-refractivity contribution in [2.75, 3.05) is 6.54 Å². The van der Waals surface area contributed by atoms with Crippen molar-refractivity contribution in [1.82, 2.24) is 25.7 Å². The van der Waals surface area contributed by atoms with Crippen LogP contribution in [-0.4, -0.2) is 32.8 Å². The average Bonchev–Trinajstić information content (AvgIpc) is 3.08. The maximum Gasteiger partial charge on any atom is 0.251 e. The second-order valence-corrected chi connectivity index (χ2v) is 4.73. The molecule has 1 amide bonds. The lowest BCUT2D eigenvalue weighted by Gasteiger charge is -2.03. The summed E-state index contributed by atoms with van der Waals surface area (Å²) in [6.07, 6.45) is 0.738. The molecule has 0 fully saturated rings. The zero-order valence-electron chi connectivity index (χ0n) is 9.96. The Morgan fingerprint density at radius 3 is 3.05 bits per heavy atom. The molecule has 96 valence electrons. The highest BCUT2D eigenvalue weighted by atomic mass is 32.1. The summed E-state index contributed by atoms with van der Waals surface area (Å²) >= 11 is 1.55. The zero-order valence-corrected chi connectivity index (χ0v) is 10.8. The molecule has 0 aliphatic carbocycles. The zero-order chi connectivity index (χ0) is 13.1. The number of hydrogen-bond donors (Lipinski definition) is 2. The van der Waals surface area contributed by atoms with Crippen LogP contribution in [0.1, 0.15) is 16.1 Å². The number of H-pyrrole nitrogens is 1. The summed E-state index contributed by atoms with van der Waals surface area (Å²) in [5.74, 6) is -0.111. The van der Waals surface area contributed by atoms with Gasteiger partial charge in [-0.3, -0.25) is 4.79 Å². The van der Waals surface area contributed by atoms with Crippen LogP contribution in [0.15, 0.2) is 29.1 Å². The molecule has 0 atom stereocenters. The number of amides is 1. The molecule has 0 bridgehead atoms. The van der Waals surface area contributed by atoms with Crippen LogP contribution in [0.5, 0.6) is 0 Å². The first kappa shape index (κ1) is 11.8. The number of aromatic amines is 1. The minimum Gasteiger partial charge on any atom is -0.352 e. The fourth-order valence-electron chi connectivity index (χ4n) is 1.75. The number of carbonyl (C=O) groups is 1. The number of benzene rings is 1. The quantitative estimate of drug-likeness (QED) is 0.752. The van der Waals surface area contributed by atoms with Crippen LogP contribution in [0.2, 0.25) is 0 Å². The number of nitrogens with one attached hydrogen (secondary N) is 2. The number of hydrogen-bond acceptors (Lipinski definition) is 5. The Balaban J connectivity index is 1.63. The second kappa shape index (κ2) is 5.15. The van der Waals surface area contributed by atoms with Crippen LogP contribution >= 0.6 is 11.3 Å². The van der Waals surface area contributed by atoms with Gasteiger partial charge >= 0.3 is 0 Å². The summed E-state index contributed by atoms with van der Waals surface area (Å²) in [5.41, 5.74) is 4.80. The molecule has 0 aliphatic rings. The van der Waals surface area contributed by atoms with Crippen molar-refractivity contribution in [2.24, 2.45) is 0 Å². The van der Waals surface area contributed by atoms with Gasteiger partial charge < -0.3 is 5.32 Å². The Bertz CT molecular complexity index is 691. The minimum atomic E-state index is -0.111. The molecule has 0 spiro atoms. The molecule has 0 aliphatic heterocycles. The molecular formula is C12H11N5OS. The number of fused-ring (bicyclic) bond motifs is 1. The van der Waals surface area contributed by atoms with Gasteiger partial charge in [-0.2, -0.15) is 15.4 Å². The van der Waals surface area contributed by atoms with Crippen LogP contribution in [0.4, 0.5) is 0 Å². The molecule has 2 N–H and O–H groups in total. The van der Waals surface area contributed by atoms with Crippen molar-refractivity contribution >= 4 is 28.3 Å². The van der Waals surface area contributed by atoms with E-state index in [2.05, 4.69) is 25.7 Å². The number of nitrogens with zero attached hydrogens (tertiary/aromatic N) is 3. The molecule has 0 unspecified atom stereocenters. The molecule has 0 radical (unpaired) electrons. The molecule has 2 heterocycles. The van der Waals surface area contributed by atoms with Crippen LogP contribution in [0, 0.1) is 0 Å². The van der Waals surface area contributed by atoms with Gasteiger partial charge in [0.1, 0.15) is 11.0 Å². The van der Waals surface area contributed by atoms with Crippen LogP contribution in [0.25, 0.3) is 11.0 Å². The van der Waals surface area contributed by atoms with Gasteiger partial charge in [0.05, 0.1) is 11.2 Å². The Morgan fingerprint density at radius 2 is 2.21 bits per heavy atom. The van der Waals surface area contributed by atoms with Gasteiger partial charge in [-0.25, -0.2) is 4.98 Å². The van der Waals surface area contributed by atoms with Crippen molar-refractivity contribution in [3.05, 3.63) is 40.3 Å². The molecule has 2 aromatic heterocycles. The highest BCUT2D eigenvalue weighted by molar-refractivity contribution is 7.07. The first-order valence-corrected chi connectivity index (χ1v) is 6.73. The van der Waals surface area contributed by atoms with Gasteiger partial charge in [0.15, 0.2) is 0 Å². The van der Waals surface area contributed by atoms with Crippen LogP contribution in [-0.2, 0) is 6.42 Å². The van der Waals surface area contributed by atoms with Gasteiger partial charge in [-0.05, 0) is 18.2 Å². The Hall–Kier alpha value is -2.28. The standard InChI is InChI=1S/C12H11N5OS/c18-12(13-4-3-9-6-19-7-14-9)8-1-2-10-11(5-8)16-17-15-10/h1-2,5-7H,3-4H2,(H,13,18)(H,15,16,17). The number of carbonyl (C=O) groups excluding carboxylic acids is 1. The first-order valence-electron chi connectivity index (χ1n) is 5.79. The van der Waals surface area contributed by atoms with E-state index in [0.717, 1.165) is 17.6 Å². The van der Waals surface area contributed by atoms with E-state index in [0.29, 0.717) is 17.6 Å². The van der Waals surface area contributed by atoms with E-state index in [-0.39, 0.29) is 5.91 Å². The normalized spacial score (nSPS) is 10.7. The largest absolute Gasteiger partial charge is 0.352 e. The molecule has 3 aromatic rings. The number of aromatic nitrogens is 4. The Kier molecular flexibility index (Phi) is 3.20. The van der Waals surface area contributed by atoms with E-state index >= 15 is 0 Å². The molecule has 19 heavy (non-hydrogen) atoms. The average molecular weight is 273 g/mol. The van der Waals surface area contributed by atoms with Gasteiger partial charge in [0, 0.05) is 23.9 Å². The van der Waals surface area contributed by atoms with Crippen molar-refractivity contribution in [2.45, 2.75) is 6.42 Å². The topological polar surface area (TPSA) is 83.6 Å². The van der Waals surface area contributed by atoms with Gasteiger partial charge in [0.25, 0.3) is 5.91 Å². The predicted octanol–water partition coefficient (Wildman–Crippen LogP) is 1.39. The summed E-state index contributed by atoms with van der Waals surface area (Å²) in [5, 5.41) is 15.3. The highest BCUT2D eigenvalue weighted by Gasteiger charge is 2.07. The fourth-order valence-corrected chi connectivity index (χ4v) is 2.34. The van der Waals surface area contributed by atoms with Crippen molar-refractivity contribution in [3.63, 3.8) is 0 Å². The first-order chi connectivity index (χ1) is 9.33. The molecule has 0 saturated heterocycles. The van der Waals surface area contributed by atoms with Gasteiger partial charge in [0.2, 0.25) is 0 Å². The van der Waals surface area contributed by atoms with Crippen molar-refractivity contribution < 1.29 is 4.79 Å². The van der Waals surface area contributed by atoms with Crippen LogP contribution < -0.4 is 5.32 Å². The van der Waals surface area contributed by atoms with Crippen molar-refractivity contribution in [3.8, 4) is 0 Å². The maximum absolute atomic E-state index is 12.0. The van der Waals surface area contributed by atoms with Gasteiger partial charge in [-0.15, -0.1) is 11.3 Å². The Labute approximate surface area is 112 Å². The fraction of sp³-hybridized carbons (Fsp3) is 0.167. The van der Waals surface area contributed by atoms with Crippen molar-refractivity contribution in [1.29, 1.82) is 0 Å². The molecule has 0 saturated carbocycles. The van der Waals surface area contributed by atoms with E-state index in [1.54, 1.807) is 35.0 Å². The molecule has 3 rings (SSSR count). The molecule has 7 heteroatoms. The van der Waals surface area contributed by atoms with E-state index in [9.17, 15) is 4.79 Å². The van der Waals surface area contributed by atoms with E-state index < -0.39 is 0 Å². The lowest BCUT2D eigenvalue weighted by atomic mass is 10.2. The Morgan fingerprint density at radius 1 is 1.32 bits per heavy atom. The number of thiazole rings is 1. The third kappa shape index (κ3) is 2.60. The third-order valence-corrected chi connectivity index (χ3v) is 3.36. The predicted molar refractivity (Wildman–Crippen MR) is 72.0 cm³/mol. The summed E-state index contributed by atoms with van der Waals surface area (Å²) in [6, 6.07) is 5.23. The maximum atomic E-state index is 12.0. The second-order valence-electron chi connectivity index (χ2n) is 4.01. The SMILES string of the molecule is O=C(NCCc1cscn1)c1ccc2n[nH]nc2c1. The number of rotatable bonds is 4. The monoisotopic (exact) mass is 273 g/mol. The lowest BCUT2D eigenvalue weighted by molar-refractivity contribution is 0.0954. The van der Waals surface area contributed by atoms with E-state index in [1.807, 2.05) is 5.38 Å². The van der Waals surface area contributed by atoms with E-state index in [4.69, 9.17) is 0 Å². The molecular weight excluding hydrogens is 262 g/mol. The highest BCUT2D eigenvalue weighted by Crippen LogP contribution is 2.10. The molecule has 6 nitrogen and oxygen atoms in total. The lowest BCUT2D eigenvalue weighted by Crippen LogP contribution is -2.25. The van der Waals surface area contributed by atoms with E-state index in [1.165, 1.54) is 0 Å². The summed E-state index contributed by atoms with van der Waals surface area (Å²) in [6.45, 7) is 0.569. The summed E-state index contributed by atoms with van der Waals surface area (Å²) in [4.78, 5) is 16.1. The third-order valence-electron chi connectivity index (χ3n) is 2.73. The van der Waals surface area contributed by atoms with Crippen LogP contribution in [0.3, 0.4) is 0 Å². The van der Waals surface area contributed by atoms with Gasteiger partial charge in [-0.1, -0.05) is 0 Å². The minimum absolute atomic E-state index is 0.111. The molecule has 1 aromatic carbocycles. The summed E-state index contributed by atoms with van der Waals surface area (Å²) < 4.78 is 0. The smallest absolute Gasteiger partial charge is 0.251 e. The summed E-state index contributed by atoms with van der Waals surface area (Å²) in [7, 11) is 0.